The van der Waals surface area contributed by atoms with Crippen LogP contribution in [0.3, 0.4) is 0 Å². The Labute approximate surface area is 273 Å². The normalized spacial score (nSPS) is 14.6. The summed E-state index contributed by atoms with van der Waals surface area (Å²) in [7, 11) is 0. The summed E-state index contributed by atoms with van der Waals surface area (Å²) >= 11 is 7.34. The maximum absolute atomic E-state index is 14.0. The van der Waals surface area contributed by atoms with Gasteiger partial charge < -0.3 is 13.6 Å². The fraction of sp³-hybridized carbons (Fsp3) is 0.156. The van der Waals surface area contributed by atoms with Crippen molar-refractivity contribution in [3.8, 4) is 22.6 Å². The highest BCUT2D eigenvalue weighted by molar-refractivity contribution is 7.07. The topological polar surface area (TPSA) is 173 Å². The molecule has 3 aromatic heterocycles. The molecule has 0 bridgehead atoms. The van der Waals surface area contributed by atoms with Crippen LogP contribution in [-0.4, -0.2) is 27.0 Å². The maximum atomic E-state index is 14.0. The van der Waals surface area contributed by atoms with Crippen molar-refractivity contribution >= 4 is 46.4 Å². The van der Waals surface area contributed by atoms with Crippen LogP contribution in [0.5, 0.6) is 0 Å². The minimum Gasteiger partial charge on any atom is -0.463 e. The smallest absolute Gasteiger partial charge is 0.338 e. The van der Waals surface area contributed by atoms with Crippen molar-refractivity contribution in [2.24, 2.45) is 4.99 Å². The zero-order valence-electron chi connectivity index (χ0n) is 24.9. The van der Waals surface area contributed by atoms with Crippen LogP contribution in [0.2, 0.25) is 5.02 Å². The summed E-state index contributed by atoms with van der Waals surface area (Å²) in [5, 5.41) is 22.9. The van der Waals surface area contributed by atoms with E-state index in [4.69, 9.17) is 25.2 Å². The van der Waals surface area contributed by atoms with Crippen LogP contribution in [0, 0.1) is 27.2 Å². The molecule has 0 fully saturated rings. The number of furan rings is 2. The first-order chi connectivity index (χ1) is 22.5. The van der Waals surface area contributed by atoms with Gasteiger partial charge in [-0.15, -0.1) is 0 Å². The number of esters is 1. The lowest BCUT2D eigenvalue weighted by Gasteiger charge is -2.22. The van der Waals surface area contributed by atoms with Gasteiger partial charge in [-0.05, 0) is 56.7 Å². The molecular formula is C32H23ClN4O9S. The number of thiazole rings is 1. The van der Waals surface area contributed by atoms with Gasteiger partial charge in [0.05, 0.1) is 37.3 Å². The highest BCUT2D eigenvalue weighted by Crippen LogP contribution is 2.36. The van der Waals surface area contributed by atoms with Gasteiger partial charge in [0.2, 0.25) is 0 Å². The molecule has 13 nitrogen and oxygen atoms in total. The number of halogens is 1. The van der Waals surface area contributed by atoms with Crippen molar-refractivity contribution in [2.45, 2.75) is 26.8 Å². The largest absolute Gasteiger partial charge is 0.463 e. The number of nitro benzene ring substituents is 2. The van der Waals surface area contributed by atoms with E-state index in [9.17, 15) is 29.8 Å². The summed E-state index contributed by atoms with van der Waals surface area (Å²) in [4.78, 5) is 53.7. The monoisotopic (exact) mass is 674 g/mol. The number of hydrogen-bond acceptors (Lipinski definition) is 11. The number of aryl methyl sites for hydroxylation is 1. The summed E-state index contributed by atoms with van der Waals surface area (Å²) in [6, 6.07) is 13.7. The molecule has 1 aliphatic rings. The predicted molar refractivity (Wildman–Crippen MR) is 172 cm³/mol. The SMILES string of the molecule is CCOC(=O)C1=C(C)N=c2s/c(=C\c3ccc(-c4cc([N+](=O)[O-])ccc4Cl)o3)c(=O)n2[C@@H]1c1ccc(-c2cc([N+](=O)[O-])ccc2C)o1. The van der Waals surface area contributed by atoms with E-state index in [0.29, 0.717) is 22.6 Å². The van der Waals surface area contributed by atoms with E-state index in [-0.39, 0.29) is 55.2 Å². The third-order valence-corrected chi connectivity index (χ3v) is 8.75. The van der Waals surface area contributed by atoms with Gasteiger partial charge in [-0.3, -0.25) is 29.6 Å². The average Bonchev–Trinajstić information content (AvgIpc) is 3.77. The minimum absolute atomic E-state index is 0.0818. The lowest BCUT2D eigenvalue weighted by atomic mass is 10.0. The van der Waals surface area contributed by atoms with E-state index < -0.39 is 27.4 Å². The fourth-order valence-electron chi connectivity index (χ4n) is 5.21. The molecule has 4 heterocycles. The van der Waals surface area contributed by atoms with Crippen molar-refractivity contribution in [3.05, 3.63) is 134 Å². The minimum atomic E-state index is -1.06. The number of benzene rings is 2. The molecule has 0 spiro atoms. The van der Waals surface area contributed by atoms with Crippen LogP contribution in [-0.2, 0) is 9.53 Å². The van der Waals surface area contributed by atoms with Gasteiger partial charge in [0.25, 0.3) is 16.9 Å². The number of rotatable bonds is 8. The van der Waals surface area contributed by atoms with E-state index in [1.54, 1.807) is 51.1 Å². The molecule has 0 saturated carbocycles. The number of hydrogen-bond donors (Lipinski definition) is 0. The van der Waals surface area contributed by atoms with Crippen molar-refractivity contribution in [1.29, 1.82) is 0 Å². The van der Waals surface area contributed by atoms with E-state index in [2.05, 4.69) is 4.99 Å². The Kier molecular flexibility index (Phi) is 8.21. The Morgan fingerprint density at radius 3 is 2.36 bits per heavy atom. The highest BCUT2D eigenvalue weighted by atomic mass is 35.5. The zero-order chi connectivity index (χ0) is 33.6. The summed E-state index contributed by atoms with van der Waals surface area (Å²) in [6.07, 6.45) is 1.50. The Balaban J connectivity index is 1.46. The quantitative estimate of drug-likeness (QED) is 0.107. The lowest BCUT2D eigenvalue weighted by molar-refractivity contribution is -0.385. The Hall–Kier alpha value is -5.60. The third kappa shape index (κ3) is 5.79. The second-order valence-electron chi connectivity index (χ2n) is 10.4. The fourth-order valence-corrected chi connectivity index (χ4v) is 6.45. The van der Waals surface area contributed by atoms with Gasteiger partial charge in [-0.2, -0.15) is 0 Å². The van der Waals surface area contributed by atoms with Crippen molar-refractivity contribution in [1.82, 2.24) is 4.57 Å². The van der Waals surface area contributed by atoms with E-state index in [1.165, 1.54) is 41.0 Å². The number of carbonyl (C=O) groups excluding carboxylic acids is 1. The summed E-state index contributed by atoms with van der Waals surface area (Å²) in [6.45, 7) is 5.16. The van der Waals surface area contributed by atoms with Crippen LogP contribution >= 0.6 is 22.9 Å². The zero-order valence-corrected chi connectivity index (χ0v) is 26.5. The van der Waals surface area contributed by atoms with Crippen LogP contribution in [0.25, 0.3) is 28.7 Å². The van der Waals surface area contributed by atoms with Crippen molar-refractivity contribution < 1.29 is 28.2 Å². The maximum Gasteiger partial charge on any atom is 0.338 e. The summed E-state index contributed by atoms with van der Waals surface area (Å²) < 4.78 is 19.0. The Morgan fingerprint density at radius 1 is 1.00 bits per heavy atom. The number of non-ortho nitro benzene ring substituents is 2. The molecule has 0 unspecified atom stereocenters. The molecule has 0 amide bonds. The molecule has 6 rings (SSSR count). The molecule has 15 heteroatoms. The van der Waals surface area contributed by atoms with Crippen molar-refractivity contribution in [3.63, 3.8) is 0 Å². The number of nitrogens with zero attached hydrogens (tertiary/aromatic N) is 4. The van der Waals surface area contributed by atoms with E-state index in [0.717, 1.165) is 16.9 Å². The van der Waals surface area contributed by atoms with Crippen LogP contribution in [0.15, 0.2) is 90.6 Å². The first kappa shape index (κ1) is 31.4. The number of carbonyl (C=O) groups is 1. The molecular weight excluding hydrogens is 652 g/mol. The second kappa shape index (κ2) is 12.3. The molecule has 5 aromatic rings. The van der Waals surface area contributed by atoms with Gasteiger partial charge in [-0.25, -0.2) is 9.79 Å². The summed E-state index contributed by atoms with van der Waals surface area (Å²) in [5.74, 6) is 0.380. The number of nitro groups is 2. The van der Waals surface area contributed by atoms with Gasteiger partial charge >= 0.3 is 5.97 Å². The lowest BCUT2D eigenvalue weighted by Crippen LogP contribution is -2.39. The molecule has 0 radical (unpaired) electrons. The van der Waals surface area contributed by atoms with Crippen LogP contribution in [0.1, 0.15) is 37.0 Å². The second-order valence-corrected chi connectivity index (χ2v) is 11.8. The van der Waals surface area contributed by atoms with Crippen LogP contribution in [0.4, 0.5) is 11.4 Å². The first-order valence-corrected chi connectivity index (χ1v) is 15.2. The summed E-state index contributed by atoms with van der Waals surface area (Å²) in [5.41, 5.74) is 1.16. The van der Waals surface area contributed by atoms with Gasteiger partial charge in [0.1, 0.15) is 29.1 Å². The third-order valence-electron chi connectivity index (χ3n) is 7.44. The van der Waals surface area contributed by atoms with Crippen LogP contribution < -0.4 is 14.9 Å². The van der Waals surface area contributed by atoms with E-state index in [1.807, 2.05) is 0 Å². The van der Waals surface area contributed by atoms with E-state index >= 15 is 0 Å². The molecule has 2 aromatic carbocycles. The predicted octanol–water partition coefficient (Wildman–Crippen LogP) is 6.10. The Morgan fingerprint density at radius 2 is 1.66 bits per heavy atom. The van der Waals surface area contributed by atoms with Gasteiger partial charge in [0, 0.05) is 41.5 Å². The number of ether oxygens (including phenoxy) is 1. The van der Waals surface area contributed by atoms with Gasteiger partial charge in [0.15, 0.2) is 4.80 Å². The standard InChI is InChI=1S/C32H23ClN4O9S/c1-4-44-31(39)28-17(3)34-32-35(29(28)26-12-11-24(46-26)21-13-18(36(40)41)6-5-16(21)2)30(38)27(47-32)15-20-8-10-25(45-20)22-14-19(37(42)43)7-9-23(22)33/h5-15,29H,4H2,1-3H3/b27-15-/t29-/m1/s1. The molecule has 0 aliphatic carbocycles. The number of allylic oxidation sites excluding steroid dienone is 1. The van der Waals surface area contributed by atoms with Gasteiger partial charge in [-0.1, -0.05) is 29.0 Å². The highest BCUT2D eigenvalue weighted by Gasteiger charge is 2.35. The molecule has 0 N–H and O–H groups in total. The molecule has 1 atom stereocenters. The first-order valence-electron chi connectivity index (χ1n) is 14.1. The number of aromatic nitrogens is 1. The molecule has 0 saturated heterocycles. The molecule has 47 heavy (non-hydrogen) atoms. The average molecular weight is 675 g/mol. The molecule has 238 valence electrons. The Bertz CT molecular complexity index is 2330. The molecule has 1 aliphatic heterocycles. The van der Waals surface area contributed by atoms with Crippen molar-refractivity contribution in [2.75, 3.05) is 6.61 Å². The number of fused-ring (bicyclic) bond motifs is 1.